The molecule has 1 atom stereocenters. The first-order valence-corrected chi connectivity index (χ1v) is 8.58. The van der Waals surface area contributed by atoms with Gasteiger partial charge in [-0.15, -0.1) is 0 Å². The number of hydrogen-bond acceptors (Lipinski definition) is 4. The number of hydrogen-bond donors (Lipinski definition) is 1. The summed E-state index contributed by atoms with van der Waals surface area (Å²) in [6.45, 7) is 4.17. The van der Waals surface area contributed by atoms with Crippen molar-refractivity contribution in [3.63, 3.8) is 0 Å². The van der Waals surface area contributed by atoms with Gasteiger partial charge in [0.25, 0.3) is 0 Å². The number of likely N-dealkylation sites (N-methyl/N-ethyl adjacent to an activating group) is 1. The minimum absolute atomic E-state index is 0.0361. The fourth-order valence-corrected chi connectivity index (χ4v) is 4.31. The predicted octanol–water partition coefficient (Wildman–Crippen LogP) is 2.02. The molecule has 0 aliphatic rings. The first kappa shape index (κ1) is 18.3. The highest BCUT2D eigenvalue weighted by atomic mass is 35.5. The topological polar surface area (TPSA) is 72.6 Å². The largest absolute Gasteiger partial charge is 0.389 e. The van der Waals surface area contributed by atoms with Crippen molar-refractivity contribution in [1.29, 1.82) is 0 Å². The standard InChI is InChI=1S/C13H19ClN2O3S2/c1-4-16(9(2)8-19-3)21(17,18)12-6-5-10(13(15)20)7-11(12)14/h5-7,9H,4,8H2,1-3H3,(H2,15,20). The Morgan fingerprint density at radius 3 is 2.57 bits per heavy atom. The number of nitrogens with zero attached hydrogens (tertiary/aromatic N) is 1. The summed E-state index contributed by atoms with van der Waals surface area (Å²) in [6, 6.07) is 4.15. The molecule has 0 heterocycles. The summed E-state index contributed by atoms with van der Waals surface area (Å²) in [4.78, 5) is 0.204. The minimum Gasteiger partial charge on any atom is -0.389 e. The number of halogens is 1. The number of sulfonamides is 1. The van der Waals surface area contributed by atoms with Crippen LogP contribution in [0.15, 0.2) is 23.1 Å². The van der Waals surface area contributed by atoms with Gasteiger partial charge in [0.1, 0.15) is 9.88 Å². The summed E-state index contributed by atoms with van der Waals surface area (Å²) in [5.41, 5.74) is 6.04. The van der Waals surface area contributed by atoms with Crippen LogP contribution in [0.1, 0.15) is 19.4 Å². The molecule has 1 rings (SSSR count). The van der Waals surface area contributed by atoms with Gasteiger partial charge in [0.05, 0.1) is 11.6 Å². The maximum Gasteiger partial charge on any atom is 0.244 e. The number of rotatable bonds is 7. The van der Waals surface area contributed by atoms with Crippen molar-refractivity contribution in [2.75, 3.05) is 20.3 Å². The quantitative estimate of drug-likeness (QED) is 0.762. The Kier molecular flexibility index (Phi) is 6.55. The van der Waals surface area contributed by atoms with E-state index in [2.05, 4.69) is 0 Å². The van der Waals surface area contributed by atoms with Gasteiger partial charge in [-0.1, -0.05) is 36.8 Å². The molecule has 2 N–H and O–H groups in total. The molecule has 8 heteroatoms. The molecule has 0 spiro atoms. The molecule has 1 aromatic rings. The van der Waals surface area contributed by atoms with E-state index in [1.807, 2.05) is 0 Å². The van der Waals surface area contributed by atoms with Crippen molar-refractivity contribution in [1.82, 2.24) is 4.31 Å². The van der Waals surface area contributed by atoms with Crippen LogP contribution in [0.3, 0.4) is 0 Å². The van der Waals surface area contributed by atoms with Gasteiger partial charge in [0, 0.05) is 25.3 Å². The van der Waals surface area contributed by atoms with E-state index in [0.29, 0.717) is 18.7 Å². The summed E-state index contributed by atoms with van der Waals surface area (Å²) in [5, 5.41) is 0.100. The molecule has 1 unspecified atom stereocenters. The molecule has 0 aliphatic heterocycles. The van der Waals surface area contributed by atoms with Gasteiger partial charge in [-0.2, -0.15) is 4.31 Å². The zero-order valence-corrected chi connectivity index (χ0v) is 14.6. The van der Waals surface area contributed by atoms with Crippen LogP contribution in [0.2, 0.25) is 5.02 Å². The van der Waals surface area contributed by atoms with E-state index in [1.165, 1.54) is 23.5 Å². The van der Waals surface area contributed by atoms with E-state index in [1.54, 1.807) is 19.9 Å². The van der Waals surface area contributed by atoms with Gasteiger partial charge in [-0.3, -0.25) is 0 Å². The van der Waals surface area contributed by atoms with Crippen molar-refractivity contribution in [2.45, 2.75) is 24.8 Å². The van der Waals surface area contributed by atoms with Crippen LogP contribution in [-0.2, 0) is 14.8 Å². The summed E-state index contributed by atoms with van der Waals surface area (Å²) in [6.07, 6.45) is 0. The van der Waals surface area contributed by atoms with Crippen LogP contribution in [0.25, 0.3) is 0 Å². The molecular formula is C13H19ClN2O3S2. The summed E-state index contributed by atoms with van der Waals surface area (Å²) >= 11 is 10.9. The number of nitrogens with two attached hydrogens (primary N) is 1. The normalized spacial score (nSPS) is 13.4. The molecule has 0 amide bonds. The monoisotopic (exact) mass is 350 g/mol. The van der Waals surface area contributed by atoms with Gasteiger partial charge in [-0.25, -0.2) is 8.42 Å². The average Bonchev–Trinajstić information content (AvgIpc) is 2.38. The van der Waals surface area contributed by atoms with Gasteiger partial charge >= 0.3 is 0 Å². The highest BCUT2D eigenvalue weighted by Gasteiger charge is 2.29. The van der Waals surface area contributed by atoms with Gasteiger partial charge in [0.15, 0.2) is 0 Å². The Balaban J connectivity index is 3.26. The average molecular weight is 351 g/mol. The predicted molar refractivity (Wildman–Crippen MR) is 88.2 cm³/mol. The van der Waals surface area contributed by atoms with Crippen molar-refractivity contribution in [2.24, 2.45) is 5.73 Å². The van der Waals surface area contributed by atoms with Crippen molar-refractivity contribution >= 4 is 38.8 Å². The zero-order valence-electron chi connectivity index (χ0n) is 12.2. The summed E-state index contributed by atoms with van der Waals surface area (Å²) < 4.78 is 31.8. The lowest BCUT2D eigenvalue weighted by Crippen LogP contribution is -2.40. The molecule has 0 aliphatic carbocycles. The second kappa shape index (κ2) is 7.51. The third-order valence-electron chi connectivity index (χ3n) is 3.01. The van der Waals surface area contributed by atoms with E-state index < -0.39 is 10.0 Å². The fraction of sp³-hybridized carbons (Fsp3) is 0.462. The molecule has 1 aromatic carbocycles. The number of ether oxygens (including phenoxy) is 1. The second-order valence-corrected chi connectivity index (χ2v) is 7.23. The third kappa shape index (κ3) is 4.14. The maximum atomic E-state index is 12.7. The van der Waals surface area contributed by atoms with E-state index in [-0.39, 0.29) is 20.9 Å². The SMILES string of the molecule is CCN(C(C)COC)S(=O)(=O)c1ccc(C(N)=S)cc1Cl. The van der Waals surface area contributed by atoms with Gasteiger partial charge < -0.3 is 10.5 Å². The first-order chi connectivity index (χ1) is 9.75. The lowest BCUT2D eigenvalue weighted by Gasteiger charge is -2.27. The molecule has 0 fully saturated rings. The molecule has 0 saturated heterocycles. The van der Waals surface area contributed by atoms with Crippen molar-refractivity contribution in [3.05, 3.63) is 28.8 Å². The zero-order chi connectivity index (χ0) is 16.2. The first-order valence-electron chi connectivity index (χ1n) is 6.35. The maximum absolute atomic E-state index is 12.7. The van der Waals surface area contributed by atoms with Crippen LogP contribution < -0.4 is 5.73 Å². The molecule has 0 aromatic heterocycles. The Hall–Kier alpha value is -0.730. The van der Waals surface area contributed by atoms with Crippen LogP contribution >= 0.6 is 23.8 Å². The van der Waals surface area contributed by atoms with Crippen LogP contribution in [-0.4, -0.2) is 44.0 Å². The summed E-state index contributed by atoms with van der Waals surface area (Å²) in [7, 11) is -2.18. The molecule has 0 saturated carbocycles. The second-order valence-electron chi connectivity index (χ2n) is 4.52. The molecule has 0 radical (unpaired) electrons. The van der Waals surface area contributed by atoms with Gasteiger partial charge in [0.2, 0.25) is 10.0 Å². The van der Waals surface area contributed by atoms with E-state index in [0.717, 1.165) is 0 Å². The smallest absolute Gasteiger partial charge is 0.244 e. The number of benzene rings is 1. The summed E-state index contributed by atoms with van der Waals surface area (Å²) in [5.74, 6) is 0. The Labute approximate surface area is 136 Å². The number of thiocarbonyl (C=S) groups is 1. The molecule has 0 bridgehead atoms. The minimum atomic E-state index is -3.71. The van der Waals surface area contributed by atoms with Gasteiger partial charge in [-0.05, 0) is 19.1 Å². The van der Waals surface area contributed by atoms with Crippen LogP contribution in [0.4, 0.5) is 0 Å². The highest BCUT2D eigenvalue weighted by molar-refractivity contribution is 7.89. The molecule has 118 valence electrons. The Bertz CT molecular complexity index is 620. The Morgan fingerprint density at radius 1 is 1.52 bits per heavy atom. The van der Waals surface area contributed by atoms with E-state index >= 15 is 0 Å². The number of methoxy groups -OCH3 is 1. The molecule has 21 heavy (non-hydrogen) atoms. The van der Waals surface area contributed by atoms with E-state index in [4.69, 9.17) is 34.3 Å². The molecular weight excluding hydrogens is 332 g/mol. The van der Waals surface area contributed by atoms with Crippen molar-refractivity contribution in [3.8, 4) is 0 Å². The van der Waals surface area contributed by atoms with Crippen molar-refractivity contribution < 1.29 is 13.2 Å². The highest BCUT2D eigenvalue weighted by Crippen LogP contribution is 2.27. The molecule has 5 nitrogen and oxygen atoms in total. The lowest BCUT2D eigenvalue weighted by molar-refractivity contribution is 0.142. The Morgan fingerprint density at radius 2 is 2.14 bits per heavy atom. The van der Waals surface area contributed by atoms with Crippen LogP contribution in [0.5, 0.6) is 0 Å². The van der Waals surface area contributed by atoms with E-state index in [9.17, 15) is 8.42 Å². The van der Waals surface area contributed by atoms with Crippen LogP contribution in [0, 0.1) is 0 Å². The lowest BCUT2D eigenvalue weighted by atomic mass is 10.2. The fourth-order valence-electron chi connectivity index (χ4n) is 2.03. The third-order valence-corrected chi connectivity index (χ3v) is 5.82.